The Bertz CT molecular complexity index is 513. The first kappa shape index (κ1) is 13.6. The Morgan fingerprint density at radius 1 is 1.47 bits per heavy atom. The van der Waals surface area contributed by atoms with Crippen molar-refractivity contribution in [1.82, 2.24) is 4.72 Å². The molecule has 0 bridgehead atoms. The third-order valence-corrected chi connectivity index (χ3v) is 3.79. The minimum absolute atomic E-state index is 0.0216. The van der Waals surface area contributed by atoms with Crippen LogP contribution in [0.15, 0.2) is 24.3 Å². The minimum Gasteiger partial charge on any atom is -0.258 e. The lowest BCUT2D eigenvalue weighted by atomic mass is 10.1. The Labute approximate surface area is 99.9 Å². The van der Waals surface area contributed by atoms with Crippen LogP contribution in [-0.2, 0) is 10.0 Å². The van der Waals surface area contributed by atoms with Gasteiger partial charge in [0.1, 0.15) is 0 Å². The fourth-order valence-electron chi connectivity index (χ4n) is 1.33. The van der Waals surface area contributed by atoms with E-state index in [1.807, 2.05) is 0 Å². The van der Waals surface area contributed by atoms with Crippen LogP contribution in [0.5, 0.6) is 0 Å². The number of hydrogen-bond donors (Lipinski definition) is 1. The van der Waals surface area contributed by atoms with Crippen LogP contribution in [0.25, 0.3) is 0 Å². The van der Waals surface area contributed by atoms with Gasteiger partial charge >= 0.3 is 0 Å². The standard InChI is InChI=1S/C10H14N2O4S/c1-3-17(15,16)11-8(2)9-5-4-6-10(7-9)12(13)14/h4-8,11H,3H2,1-2H3. The van der Waals surface area contributed by atoms with E-state index in [9.17, 15) is 18.5 Å². The third-order valence-electron chi connectivity index (χ3n) is 2.32. The zero-order chi connectivity index (χ0) is 13.1. The summed E-state index contributed by atoms with van der Waals surface area (Å²) in [7, 11) is -3.32. The Hall–Kier alpha value is -1.47. The van der Waals surface area contributed by atoms with Crippen molar-refractivity contribution in [1.29, 1.82) is 0 Å². The number of nitro benzene ring substituents is 1. The van der Waals surface area contributed by atoms with Gasteiger partial charge < -0.3 is 0 Å². The molecule has 0 saturated heterocycles. The van der Waals surface area contributed by atoms with Crippen molar-refractivity contribution >= 4 is 15.7 Å². The van der Waals surface area contributed by atoms with Crippen molar-refractivity contribution in [3.63, 3.8) is 0 Å². The van der Waals surface area contributed by atoms with Crippen molar-refractivity contribution in [2.45, 2.75) is 19.9 Å². The van der Waals surface area contributed by atoms with Crippen LogP contribution in [0.4, 0.5) is 5.69 Å². The fraction of sp³-hybridized carbons (Fsp3) is 0.400. The minimum atomic E-state index is -3.32. The summed E-state index contributed by atoms with van der Waals surface area (Å²) >= 11 is 0. The molecule has 0 heterocycles. The van der Waals surface area contributed by atoms with Gasteiger partial charge in [-0.3, -0.25) is 10.1 Å². The summed E-state index contributed by atoms with van der Waals surface area (Å²) in [6.07, 6.45) is 0. The maximum Gasteiger partial charge on any atom is 0.269 e. The van der Waals surface area contributed by atoms with E-state index in [1.165, 1.54) is 25.1 Å². The molecule has 0 amide bonds. The highest BCUT2D eigenvalue weighted by atomic mass is 32.2. The summed E-state index contributed by atoms with van der Waals surface area (Å²) in [5.74, 6) is -0.0216. The summed E-state index contributed by atoms with van der Waals surface area (Å²) in [6.45, 7) is 3.18. The van der Waals surface area contributed by atoms with Crippen molar-refractivity contribution in [3.05, 3.63) is 39.9 Å². The van der Waals surface area contributed by atoms with Crippen molar-refractivity contribution < 1.29 is 13.3 Å². The molecule has 6 nitrogen and oxygen atoms in total. The van der Waals surface area contributed by atoms with Crippen LogP contribution in [0.3, 0.4) is 0 Å². The van der Waals surface area contributed by atoms with Gasteiger partial charge in [-0.2, -0.15) is 0 Å². The monoisotopic (exact) mass is 258 g/mol. The number of benzene rings is 1. The van der Waals surface area contributed by atoms with E-state index in [1.54, 1.807) is 13.0 Å². The van der Waals surface area contributed by atoms with Crippen molar-refractivity contribution in [3.8, 4) is 0 Å². The average molecular weight is 258 g/mol. The van der Waals surface area contributed by atoms with Crippen LogP contribution in [-0.4, -0.2) is 19.1 Å². The molecule has 1 atom stereocenters. The quantitative estimate of drug-likeness (QED) is 0.641. The molecular weight excluding hydrogens is 244 g/mol. The van der Waals surface area contributed by atoms with E-state index in [2.05, 4.69) is 4.72 Å². The van der Waals surface area contributed by atoms with Gasteiger partial charge in [0.2, 0.25) is 10.0 Å². The normalized spacial score (nSPS) is 13.3. The van der Waals surface area contributed by atoms with Gasteiger partial charge in [-0.05, 0) is 19.4 Å². The topological polar surface area (TPSA) is 89.3 Å². The Morgan fingerprint density at radius 3 is 2.65 bits per heavy atom. The van der Waals surface area contributed by atoms with Gasteiger partial charge in [0, 0.05) is 18.2 Å². The summed E-state index contributed by atoms with van der Waals surface area (Å²) in [6, 6.07) is 5.42. The first-order chi connectivity index (χ1) is 7.85. The van der Waals surface area contributed by atoms with Crippen molar-refractivity contribution in [2.75, 3.05) is 5.75 Å². The largest absolute Gasteiger partial charge is 0.269 e. The summed E-state index contributed by atoms with van der Waals surface area (Å²) < 4.78 is 25.2. The number of nitrogens with one attached hydrogen (secondary N) is 1. The molecule has 0 aliphatic carbocycles. The first-order valence-corrected chi connectivity index (χ1v) is 6.75. The first-order valence-electron chi connectivity index (χ1n) is 5.10. The zero-order valence-electron chi connectivity index (χ0n) is 9.58. The van der Waals surface area contributed by atoms with E-state index in [0.717, 1.165) is 0 Å². The summed E-state index contributed by atoms with van der Waals surface area (Å²) in [4.78, 5) is 10.1. The highest BCUT2D eigenvalue weighted by Crippen LogP contribution is 2.19. The van der Waals surface area contributed by atoms with Gasteiger partial charge in [0.15, 0.2) is 0 Å². The molecule has 0 aliphatic rings. The van der Waals surface area contributed by atoms with Gasteiger partial charge in [-0.25, -0.2) is 13.1 Å². The van der Waals surface area contributed by atoms with Crippen LogP contribution < -0.4 is 4.72 Å². The van der Waals surface area contributed by atoms with E-state index in [-0.39, 0.29) is 11.4 Å². The molecule has 0 saturated carbocycles. The lowest BCUT2D eigenvalue weighted by Crippen LogP contribution is -2.28. The molecule has 0 radical (unpaired) electrons. The Morgan fingerprint density at radius 2 is 2.12 bits per heavy atom. The average Bonchev–Trinajstić information content (AvgIpc) is 2.28. The maximum atomic E-state index is 11.4. The predicted octanol–water partition coefficient (Wildman–Crippen LogP) is 1.60. The second kappa shape index (κ2) is 5.24. The van der Waals surface area contributed by atoms with E-state index in [0.29, 0.717) is 5.56 Å². The van der Waals surface area contributed by atoms with E-state index >= 15 is 0 Å². The highest BCUT2D eigenvalue weighted by molar-refractivity contribution is 7.89. The highest BCUT2D eigenvalue weighted by Gasteiger charge is 2.15. The number of rotatable bonds is 5. The summed E-state index contributed by atoms with van der Waals surface area (Å²) in [5, 5.41) is 10.6. The molecule has 7 heteroatoms. The van der Waals surface area contributed by atoms with Gasteiger partial charge in [0.05, 0.1) is 10.7 Å². The van der Waals surface area contributed by atoms with Gasteiger partial charge in [0.25, 0.3) is 5.69 Å². The Kier molecular flexibility index (Phi) is 4.19. The lowest BCUT2D eigenvalue weighted by Gasteiger charge is -2.13. The van der Waals surface area contributed by atoms with Gasteiger partial charge in [-0.1, -0.05) is 12.1 Å². The molecule has 94 valence electrons. The molecule has 0 aromatic heterocycles. The molecule has 1 aromatic rings. The molecule has 0 fully saturated rings. The predicted molar refractivity (Wildman–Crippen MR) is 64.1 cm³/mol. The molecule has 0 aliphatic heterocycles. The van der Waals surface area contributed by atoms with Crippen LogP contribution in [0.2, 0.25) is 0 Å². The third kappa shape index (κ3) is 3.79. The van der Waals surface area contributed by atoms with E-state index < -0.39 is 21.0 Å². The molecule has 1 rings (SSSR count). The molecule has 1 N–H and O–H groups in total. The van der Waals surface area contributed by atoms with Crippen LogP contribution in [0, 0.1) is 10.1 Å². The zero-order valence-corrected chi connectivity index (χ0v) is 10.4. The molecule has 17 heavy (non-hydrogen) atoms. The van der Waals surface area contributed by atoms with Crippen LogP contribution >= 0.6 is 0 Å². The molecule has 0 spiro atoms. The van der Waals surface area contributed by atoms with Crippen LogP contribution in [0.1, 0.15) is 25.5 Å². The molecule has 1 unspecified atom stereocenters. The van der Waals surface area contributed by atoms with Crippen molar-refractivity contribution in [2.24, 2.45) is 0 Å². The summed E-state index contributed by atoms with van der Waals surface area (Å²) in [5.41, 5.74) is 0.515. The number of hydrogen-bond acceptors (Lipinski definition) is 4. The van der Waals surface area contributed by atoms with Gasteiger partial charge in [-0.15, -0.1) is 0 Å². The maximum absolute atomic E-state index is 11.4. The second-order valence-corrected chi connectivity index (χ2v) is 5.64. The molecule has 1 aromatic carbocycles. The smallest absolute Gasteiger partial charge is 0.258 e. The number of nitrogens with zero attached hydrogens (tertiary/aromatic N) is 1. The number of sulfonamides is 1. The van der Waals surface area contributed by atoms with E-state index in [4.69, 9.17) is 0 Å². The SMILES string of the molecule is CCS(=O)(=O)NC(C)c1cccc([N+](=O)[O-])c1. The molecular formula is C10H14N2O4S. The lowest BCUT2D eigenvalue weighted by molar-refractivity contribution is -0.384. The fourth-order valence-corrected chi connectivity index (χ4v) is 2.17. The number of nitro groups is 1. The Balaban J connectivity index is 2.93. The number of non-ortho nitro benzene ring substituents is 1. The second-order valence-electron chi connectivity index (χ2n) is 3.60.